The first-order chi connectivity index (χ1) is 2.27. The maximum atomic E-state index is 9.24. The molecule has 0 rings (SSSR count). The van der Waals surface area contributed by atoms with Crippen LogP contribution in [0.3, 0.4) is 0 Å². The van der Waals surface area contributed by atoms with Gasteiger partial charge in [0, 0.05) is 32.7 Å². The summed E-state index contributed by atoms with van der Waals surface area (Å²) >= 11 is 0. The van der Waals surface area contributed by atoms with Crippen molar-refractivity contribution in [2.75, 3.05) is 7.05 Å². The van der Waals surface area contributed by atoms with Gasteiger partial charge in [0.05, 0.1) is 0 Å². The van der Waals surface area contributed by atoms with E-state index in [1.54, 1.807) is 0 Å². The maximum absolute atomic E-state index is 9.24. The molecule has 0 fully saturated rings. The van der Waals surface area contributed by atoms with Gasteiger partial charge in [-0.05, 0) is 0 Å². The number of hydrogen-bond acceptors (Lipinski definition) is 1. The Morgan fingerprint density at radius 3 is 2.00 bits per heavy atom. The van der Waals surface area contributed by atoms with Gasteiger partial charge in [-0.3, -0.25) is 7.05 Å². The van der Waals surface area contributed by atoms with Gasteiger partial charge in [-0.15, -0.1) is 0 Å². The van der Waals surface area contributed by atoms with E-state index in [9.17, 15) is 4.79 Å². The number of rotatable bonds is 1. The van der Waals surface area contributed by atoms with Crippen LogP contribution in [0.4, 0.5) is 0 Å². The summed E-state index contributed by atoms with van der Waals surface area (Å²) in [5.74, 6) is 0. The number of hydrogen-bond donors (Lipinski definition) is 0. The largest absolute Gasteiger partial charge is 0.670 e. The molecule has 6 heavy (non-hydrogen) atoms. The van der Waals surface area contributed by atoms with Crippen molar-refractivity contribution < 1.29 is 37.5 Å². The van der Waals surface area contributed by atoms with Crippen LogP contribution in [-0.4, -0.2) is 18.4 Å². The van der Waals surface area contributed by atoms with E-state index in [1.165, 1.54) is 13.5 Å². The molecule has 33 valence electrons. The molecule has 0 aromatic heterocycles. The molecule has 0 bridgehead atoms. The summed E-state index contributed by atoms with van der Waals surface area (Å²) < 4.78 is 0. The van der Waals surface area contributed by atoms with Gasteiger partial charge in [0.15, 0.2) is 0 Å². The van der Waals surface area contributed by atoms with Crippen LogP contribution in [0, 0.1) is 7.05 Å². The van der Waals surface area contributed by atoms with E-state index >= 15 is 0 Å². The van der Waals surface area contributed by atoms with E-state index in [2.05, 4.69) is 7.05 Å². The van der Waals surface area contributed by atoms with Crippen molar-refractivity contribution in [2.24, 2.45) is 0 Å². The summed E-state index contributed by atoms with van der Waals surface area (Å²) in [5.41, 5.74) is 0. The summed E-state index contributed by atoms with van der Waals surface area (Å²) in [5, 5.41) is 0. The van der Waals surface area contributed by atoms with Crippen molar-refractivity contribution in [1.82, 2.24) is 4.90 Å². The Balaban J connectivity index is 0. The van der Waals surface area contributed by atoms with Gasteiger partial charge in [0.1, 0.15) is 0 Å². The van der Waals surface area contributed by atoms with Crippen LogP contribution in [0.1, 0.15) is 0 Å². The Hall–Kier alpha value is 0.574. The van der Waals surface area contributed by atoms with Gasteiger partial charge in [-0.25, -0.2) is 0 Å². The second-order valence-corrected chi connectivity index (χ2v) is 0.789. The predicted octanol–water partition coefficient (Wildman–Crippen LogP) is -0.226. The van der Waals surface area contributed by atoms with E-state index in [4.69, 9.17) is 0 Å². The van der Waals surface area contributed by atoms with Gasteiger partial charge in [-0.2, -0.15) is 6.41 Å². The van der Waals surface area contributed by atoms with Crippen molar-refractivity contribution in [1.29, 1.82) is 0 Å². The molecule has 0 saturated carbocycles. The van der Waals surface area contributed by atoms with Gasteiger partial charge in [0.25, 0.3) is 0 Å². The molecular weight excluding hydrogens is 155 g/mol. The van der Waals surface area contributed by atoms with E-state index < -0.39 is 0 Å². The van der Waals surface area contributed by atoms with Crippen LogP contribution in [0.5, 0.6) is 0 Å². The van der Waals surface area contributed by atoms with Crippen LogP contribution in [0.15, 0.2) is 0 Å². The third-order valence-electron chi connectivity index (χ3n) is 0.156. The van der Waals surface area contributed by atoms with Crippen molar-refractivity contribution >= 4 is 6.41 Å². The minimum Gasteiger partial charge on any atom is -0.670 e. The molecule has 0 heterocycles. The summed E-state index contributed by atoms with van der Waals surface area (Å²) in [6.45, 7) is 0. The first-order valence-electron chi connectivity index (χ1n) is 1.19. The Bertz CT molecular complexity index is 37.8. The van der Waals surface area contributed by atoms with Crippen molar-refractivity contribution in [3.8, 4) is 0 Å². The molecule has 0 aromatic carbocycles. The molecule has 0 aliphatic carbocycles. The second-order valence-electron chi connectivity index (χ2n) is 0.789. The van der Waals surface area contributed by atoms with Crippen molar-refractivity contribution in [3.63, 3.8) is 0 Å². The van der Waals surface area contributed by atoms with E-state index in [0.717, 1.165) is 4.90 Å². The van der Waals surface area contributed by atoms with Crippen LogP contribution >= 0.6 is 0 Å². The fourth-order valence-electron chi connectivity index (χ4n) is 0. The molecule has 0 aliphatic heterocycles. The third-order valence-corrected chi connectivity index (χ3v) is 0.156. The van der Waals surface area contributed by atoms with Gasteiger partial charge in [0.2, 0.25) is 0 Å². The Labute approximate surface area is 62.8 Å². The smallest absolute Gasteiger partial charge is 0 e. The molecule has 0 aliphatic rings. The third kappa shape index (κ3) is 8.82. The minimum atomic E-state index is 0. The first-order valence-corrected chi connectivity index (χ1v) is 1.19. The predicted molar refractivity (Wildman–Crippen MR) is 18.8 cm³/mol. The second kappa shape index (κ2) is 5.57. The molecular formula is C3H5NOY-2. The van der Waals surface area contributed by atoms with Crippen LogP contribution < -0.4 is 0 Å². The first kappa shape index (κ1) is 9.76. The van der Waals surface area contributed by atoms with Crippen molar-refractivity contribution in [3.05, 3.63) is 7.05 Å². The average molecular weight is 160 g/mol. The molecule has 0 unspecified atom stereocenters. The zero-order valence-corrected chi connectivity index (χ0v) is 6.48. The van der Waals surface area contributed by atoms with Crippen LogP contribution in [0.2, 0.25) is 0 Å². The Morgan fingerprint density at radius 2 is 2.00 bits per heavy atom. The molecule has 1 radical (unpaired) electrons. The van der Waals surface area contributed by atoms with E-state index in [0.29, 0.717) is 0 Å². The normalized spacial score (nSPS) is 5.67. The number of amides is 1. The fraction of sp³-hybridized carbons (Fsp3) is 0.333. The van der Waals surface area contributed by atoms with Gasteiger partial charge >= 0.3 is 0 Å². The summed E-state index contributed by atoms with van der Waals surface area (Å²) in [6, 6.07) is 0. The maximum Gasteiger partial charge on any atom is 0 e. The quantitative estimate of drug-likeness (QED) is 0.383. The average Bonchev–Trinajstić information content (AvgIpc) is 1.38. The molecule has 2 nitrogen and oxygen atoms in total. The SMILES string of the molecule is [CH2-]N(C)[C-]=O.[Y]. The van der Waals surface area contributed by atoms with Crippen molar-refractivity contribution in [2.45, 2.75) is 0 Å². The zero-order valence-electron chi connectivity index (χ0n) is 3.64. The molecule has 0 atom stereocenters. The minimum absolute atomic E-state index is 0. The number of nitrogens with zero attached hydrogens (tertiary/aromatic N) is 1. The Morgan fingerprint density at radius 1 is 1.83 bits per heavy atom. The Kier molecular flexibility index (Phi) is 9.07. The van der Waals surface area contributed by atoms with Gasteiger partial charge in [-0.1, -0.05) is 7.05 Å². The standard InChI is InChI=1S/C3H5NO.Y/c1-4(2)3-5;/h1H2,2H3;/q-2;. The molecule has 0 spiro atoms. The molecule has 0 aromatic rings. The summed E-state index contributed by atoms with van der Waals surface area (Å²) in [6.07, 6.45) is 1.50. The van der Waals surface area contributed by atoms with E-state index in [1.807, 2.05) is 0 Å². The molecule has 3 heteroatoms. The van der Waals surface area contributed by atoms with Crippen LogP contribution in [-0.2, 0) is 37.5 Å². The monoisotopic (exact) mass is 160 g/mol. The van der Waals surface area contributed by atoms with Gasteiger partial charge < -0.3 is 9.69 Å². The zero-order chi connectivity index (χ0) is 4.28. The molecule has 0 N–H and O–H groups in total. The number of carbonyl (C=O) groups excluding carboxylic acids is 1. The topological polar surface area (TPSA) is 20.3 Å². The fourth-order valence-corrected chi connectivity index (χ4v) is 0. The summed E-state index contributed by atoms with van der Waals surface area (Å²) in [7, 11) is 4.69. The van der Waals surface area contributed by atoms with Crippen LogP contribution in [0.25, 0.3) is 0 Å². The molecule has 1 amide bonds. The van der Waals surface area contributed by atoms with E-state index in [-0.39, 0.29) is 32.7 Å². The molecule has 0 saturated heterocycles. The summed E-state index contributed by atoms with van der Waals surface area (Å²) in [4.78, 5) is 10.3.